The van der Waals surface area contributed by atoms with E-state index in [9.17, 15) is 4.79 Å². The zero-order valence-electron chi connectivity index (χ0n) is 15.7. The number of carbonyl (C=O) groups excluding carboxylic acids is 1. The van der Waals surface area contributed by atoms with Crippen LogP contribution in [0.3, 0.4) is 0 Å². The minimum atomic E-state index is 0.121. The number of hydrogen-bond acceptors (Lipinski definition) is 4. The quantitative estimate of drug-likeness (QED) is 0.839. The Hall–Kier alpha value is -1.98. The number of carbonyl (C=O) groups is 1. The van der Waals surface area contributed by atoms with Gasteiger partial charge in [0, 0.05) is 48.6 Å². The number of aromatic nitrogens is 1. The van der Waals surface area contributed by atoms with E-state index in [1.54, 1.807) is 6.20 Å². The number of fused-ring (bicyclic) bond motifs is 2. The summed E-state index contributed by atoms with van der Waals surface area (Å²) in [5, 5.41) is 1.02. The SMILES string of the molecule is O=C(c1ccc2ncccc2c1)N1C[C@H]2[C@H](CN3CCCCC3)CO[C@H]2C1. The fourth-order valence-corrected chi connectivity index (χ4v) is 5.02. The van der Waals surface area contributed by atoms with E-state index >= 15 is 0 Å². The highest BCUT2D eigenvalue weighted by Crippen LogP contribution is 2.35. The maximum atomic E-state index is 13.1. The molecule has 1 amide bonds. The minimum absolute atomic E-state index is 0.121. The molecule has 142 valence electrons. The molecular weight excluding hydrogens is 338 g/mol. The summed E-state index contributed by atoms with van der Waals surface area (Å²) in [5.74, 6) is 1.17. The lowest BCUT2D eigenvalue weighted by Gasteiger charge is -2.30. The molecule has 2 aromatic rings. The van der Waals surface area contributed by atoms with Crippen molar-refractivity contribution in [2.75, 3.05) is 39.3 Å². The zero-order valence-corrected chi connectivity index (χ0v) is 15.7. The van der Waals surface area contributed by atoms with Crippen LogP contribution in [0.2, 0.25) is 0 Å². The lowest BCUT2D eigenvalue weighted by atomic mass is 9.92. The van der Waals surface area contributed by atoms with Crippen LogP contribution < -0.4 is 0 Å². The molecule has 0 unspecified atom stereocenters. The van der Waals surface area contributed by atoms with E-state index in [2.05, 4.69) is 9.88 Å². The predicted molar refractivity (Wildman–Crippen MR) is 105 cm³/mol. The Kier molecular flexibility index (Phi) is 4.58. The number of pyridine rings is 1. The fourth-order valence-electron chi connectivity index (χ4n) is 5.02. The van der Waals surface area contributed by atoms with Crippen molar-refractivity contribution in [1.29, 1.82) is 0 Å². The van der Waals surface area contributed by atoms with Gasteiger partial charge in [-0.1, -0.05) is 12.5 Å². The molecule has 1 aromatic carbocycles. The van der Waals surface area contributed by atoms with E-state index < -0.39 is 0 Å². The third-order valence-electron chi connectivity index (χ3n) is 6.52. The van der Waals surface area contributed by atoms with E-state index in [4.69, 9.17) is 4.74 Å². The molecule has 27 heavy (non-hydrogen) atoms. The highest BCUT2D eigenvalue weighted by molar-refractivity contribution is 5.98. The Morgan fingerprint density at radius 1 is 1.15 bits per heavy atom. The van der Waals surface area contributed by atoms with Crippen LogP contribution >= 0.6 is 0 Å². The molecule has 3 aliphatic heterocycles. The Bertz CT molecular complexity index is 833. The van der Waals surface area contributed by atoms with Gasteiger partial charge in [-0.2, -0.15) is 0 Å². The monoisotopic (exact) mass is 365 g/mol. The van der Waals surface area contributed by atoms with Gasteiger partial charge in [-0.25, -0.2) is 0 Å². The van der Waals surface area contributed by atoms with Crippen molar-refractivity contribution in [3.63, 3.8) is 0 Å². The van der Waals surface area contributed by atoms with Crippen LogP contribution in [-0.4, -0.2) is 66.1 Å². The smallest absolute Gasteiger partial charge is 0.253 e. The van der Waals surface area contributed by atoms with E-state index in [1.807, 2.05) is 35.2 Å². The van der Waals surface area contributed by atoms with Crippen LogP contribution in [0.1, 0.15) is 29.6 Å². The first kappa shape index (κ1) is 17.1. The van der Waals surface area contributed by atoms with Gasteiger partial charge in [-0.3, -0.25) is 9.78 Å². The number of hydrogen-bond donors (Lipinski definition) is 0. The predicted octanol–water partition coefficient (Wildman–Crippen LogP) is 2.81. The van der Waals surface area contributed by atoms with E-state index in [0.717, 1.165) is 42.7 Å². The molecule has 0 N–H and O–H groups in total. The van der Waals surface area contributed by atoms with Crippen molar-refractivity contribution in [2.45, 2.75) is 25.4 Å². The van der Waals surface area contributed by atoms with Crippen LogP contribution in [0.5, 0.6) is 0 Å². The molecular formula is C22H27N3O2. The van der Waals surface area contributed by atoms with Gasteiger partial charge in [0.05, 0.1) is 18.2 Å². The average molecular weight is 365 g/mol. The first-order valence-electron chi connectivity index (χ1n) is 10.3. The van der Waals surface area contributed by atoms with Gasteiger partial charge in [0.15, 0.2) is 0 Å². The normalized spacial score (nSPS) is 28.6. The summed E-state index contributed by atoms with van der Waals surface area (Å²) in [4.78, 5) is 22.0. The van der Waals surface area contributed by atoms with Gasteiger partial charge in [0.25, 0.3) is 5.91 Å². The van der Waals surface area contributed by atoms with Crippen LogP contribution in [-0.2, 0) is 4.74 Å². The molecule has 0 bridgehead atoms. The molecule has 5 rings (SSSR count). The second-order valence-corrected chi connectivity index (χ2v) is 8.28. The number of likely N-dealkylation sites (tertiary alicyclic amines) is 2. The average Bonchev–Trinajstić information content (AvgIpc) is 3.30. The number of rotatable bonds is 3. The van der Waals surface area contributed by atoms with E-state index in [-0.39, 0.29) is 12.0 Å². The molecule has 0 radical (unpaired) electrons. The summed E-state index contributed by atoms with van der Waals surface area (Å²) in [7, 11) is 0. The minimum Gasteiger partial charge on any atom is -0.376 e. The first-order chi connectivity index (χ1) is 13.3. The van der Waals surface area contributed by atoms with Gasteiger partial charge in [-0.15, -0.1) is 0 Å². The Morgan fingerprint density at radius 2 is 2.04 bits per heavy atom. The second kappa shape index (κ2) is 7.21. The van der Waals surface area contributed by atoms with Crippen molar-refractivity contribution in [2.24, 2.45) is 11.8 Å². The molecule has 1 aromatic heterocycles. The van der Waals surface area contributed by atoms with Gasteiger partial charge in [0.2, 0.25) is 0 Å². The molecule has 0 spiro atoms. The van der Waals surface area contributed by atoms with Crippen molar-refractivity contribution in [3.05, 3.63) is 42.1 Å². The van der Waals surface area contributed by atoms with Gasteiger partial charge < -0.3 is 14.5 Å². The number of benzene rings is 1. The Morgan fingerprint density at radius 3 is 2.93 bits per heavy atom. The number of amides is 1. The molecule has 0 saturated carbocycles. The van der Waals surface area contributed by atoms with Crippen molar-refractivity contribution >= 4 is 16.8 Å². The van der Waals surface area contributed by atoms with Crippen molar-refractivity contribution < 1.29 is 9.53 Å². The first-order valence-corrected chi connectivity index (χ1v) is 10.3. The maximum absolute atomic E-state index is 13.1. The number of piperidine rings is 1. The number of nitrogens with zero attached hydrogens (tertiary/aromatic N) is 3. The molecule has 3 fully saturated rings. The van der Waals surface area contributed by atoms with Crippen LogP contribution in [0, 0.1) is 11.8 Å². The number of ether oxygens (including phenoxy) is 1. The molecule has 5 heteroatoms. The summed E-state index contributed by atoms with van der Waals surface area (Å²) in [6.45, 7) is 5.99. The van der Waals surface area contributed by atoms with Gasteiger partial charge in [-0.05, 0) is 50.2 Å². The molecule has 5 nitrogen and oxygen atoms in total. The van der Waals surface area contributed by atoms with Crippen LogP contribution in [0.15, 0.2) is 36.5 Å². The molecule has 0 aliphatic carbocycles. The Balaban J connectivity index is 1.27. The van der Waals surface area contributed by atoms with Crippen LogP contribution in [0.25, 0.3) is 10.9 Å². The van der Waals surface area contributed by atoms with Crippen molar-refractivity contribution in [3.8, 4) is 0 Å². The van der Waals surface area contributed by atoms with Gasteiger partial charge >= 0.3 is 0 Å². The van der Waals surface area contributed by atoms with E-state index in [0.29, 0.717) is 11.8 Å². The Labute approximate surface area is 160 Å². The molecule has 3 atom stereocenters. The topological polar surface area (TPSA) is 45.7 Å². The zero-order chi connectivity index (χ0) is 18.2. The standard InChI is InChI=1S/C22H27N3O2/c26-22(17-6-7-20-16(11-17)5-4-8-23-20)25-13-19-18(15-27-21(19)14-25)12-24-9-2-1-3-10-24/h4-8,11,18-19,21H,1-3,9-10,12-15H2/t18-,19+,21+/m1/s1. The summed E-state index contributed by atoms with van der Waals surface area (Å²) >= 11 is 0. The molecule has 4 heterocycles. The highest BCUT2D eigenvalue weighted by Gasteiger charge is 2.45. The third kappa shape index (κ3) is 3.34. The molecule has 3 aliphatic rings. The summed E-state index contributed by atoms with van der Waals surface area (Å²) < 4.78 is 6.09. The lowest BCUT2D eigenvalue weighted by Crippen LogP contribution is -2.38. The highest BCUT2D eigenvalue weighted by atomic mass is 16.5. The fraction of sp³-hybridized carbons (Fsp3) is 0.545. The summed E-state index contributed by atoms with van der Waals surface area (Å²) in [5.41, 5.74) is 1.68. The van der Waals surface area contributed by atoms with Crippen molar-refractivity contribution in [1.82, 2.24) is 14.8 Å². The third-order valence-corrected chi connectivity index (χ3v) is 6.52. The second-order valence-electron chi connectivity index (χ2n) is 8.28. The maximum Gasteiger partial charge on any atom is 0.253 e. The molecule has 3 saturated heterocycles. The summed E-state index contributed by atoms with van der Waals surface area (Å²) in [6.07, 6.45) is 6.01. The largest absolute Gasteiger partial charge is 0.376 e. The van der Waals surface area contributed by atoms with Gasteiger partial charge in [0.1, 0.15) is 0 Å². The van der Waals surface area contributed by atoms with Crippen LogP contribution in [0.4, 0.5) is 0 Å². The van der Waals surface area contributed by atoms with E-state index in [1.165, 1.54) is 32.4 Å². The summed E-state index contributed by atoms with van der Waals surface area (Å²) in [6, 6.07) is 9.73. The lowest BCUT2D eigenvalue weighted by molar-refractivity contribution is 0.0661.